The number of halogens is 5. The first-order valence-corrected chi connectivity index (χ1v) is 6.14. The first-order valence-electron chi connectivity index (χ1n) is 6.14. The molecule has 1 saturated heterocycles. The number of alkyl halides is 5. The Hall–Kier alpha value is -1.86. The third kappa shape index (κ3) is 1.96. The average Bonchev–Trinajstić information content (AvgIpc) is 2.88. The summed E-state index contributed by atoms with van der Waals surface area (Å²) in [6, 6.07) is 2.69. The van der Waals surface area contributed by atoms with Gasteiger partial charge in [-0.1, -0.05) is 6.07 Å². The van der Waals surface area contributed by atoms with Gasteiger partial charge in [-0.3, -0.25) is 4.79 Å². The van der Waals surface area contributed by atoms with Crippen molar-refractivity contribution in [1.29, 1.82) is 0 Å². The molecule has 1 saturated carbocycles. The van der Waals surface area contributed by atoms with Crippen LogP contribution in [0.4, 0.5) is 22.0 Å². The van der Waals surface area contributed by atoms with E-state index in [1.54, 1.807) is 0 Å². The zero-order valence-corrected chi connectivity index (χ0v) is 10.5. The fourth-order valence-corrected chi connectivity index (χ4v) is 2.67. The highest BCUT2D eigenvalue weighted by Crippen LogP contribution is 2.65. The molecule has 1 N–H and O–H groups in total. The monoisotopic (exact) mass is 307 g/mol. The molecule has 0 bridgehead atoms. The van der Waals surface area contributed by atoms with Crippen molar-refractivity contribution < 1.29 is 31.9 Å². The molecule has 3 rings (SSSR count). The smallest absolute Gasteiger partial charge is 0.419 e. The third-order valence-electron chi connectivity index (χ3n) is 4.06. The van der Waals surface area contributed by atoms with E-state index in [9.17, 15) is 31.9 Å². The van der Waals surface area contributed by atoms with Gasteiger partial charge in [0, 0.05) is 19.5 Å². The highest BCUT2D eigenvalue weighted by molar-refractivity contribution is 5.98. The maximum absolute atomic E-state index is 13.0. The SMILES string of the molecule is O=C(c1cccc(C(F)(F)F)c1O)N1CC2(C1)CC2(F)F. The zero-order chi connectivity index (χ0) is 15.6. The summed E-state index contributed by atoms with van der Waals surface area (Å²) in [7, 11) is 0. The van der Waals surface area contributed by atoms with E-state index in [-0.39, 0.29) is 19.5 Å². The maximum atomic E-state index is 13.0. The minimum Gasteiger partial charge on any atom is -0.506 e. The molecular weight excluding hydrogens is 297 g/mol. The van der Waals surface area contributed by atoms with Crippen LogP contribution < -0.4 is 0 Å². The van der Waals surface area contributed by atoms with E-state index < -0.39 is 40.3 Å². The number of likely N-dealkylation sites (tertiary alicyclic amines) is 1. The van der Waals surface area contributed by atoms with Crippen molar-refractivity contribution in [2.75, 3.05) is 13.1 Å². The Morgan fingerprint density at radius 3 is 2.29 bits per heavy atom. The number of aromatic hydroxyl groups is 1. The molecule has 0 atom stereocenters. The van der Waals surface area contributed by atoms with Crippen LogP contribution in [-0.4, -0.2) is 34.9 Å². The number of benzene rings is 1. The van der Waals surface area contributed by atoms with Crippen LogP contribution >= 0.6 is 0 Å². The molecule has 114 valence electrons. The van der Waals surface area contributed by atoms with E-state index in [2.05, 4.69) is 0 Å². The van der Waals surface area contributed by atoms with Crippen LogP contribution in [0.2, 0.25) is 0 Å². The quantitative estimate of drug-likeness (QED) is 0.811. The van der Waals surface area contributed by atoms with Crippen LogP contribution in [0.5, 0.6) is 5.75 Å². The lowest BCUT2D eigenvalue weighted by Gasteiger charge is -2.40. The molecule has 3 nitrogen and oxygen atoms in total. The Morgan fingerprint density at radius 2 is 1.81 bits per heavy atom. The lowest BCUT2D eigenvalue weighted by atomic mass is 9.94. The first kappa shape index (κ1) is 14.1. The minimum absolute atomic E-state index is 0.200. The second-order valence-electron chi connectivity index (χ2n) is 5.52. The van der Waals surface area contributed by atoms with Gasteiger partial charge in [0.05, 0.1) is 16.5 Å². The zero-order valence-electron chi connectivity index (χ0n) is 10.5. The van der Waals surface area contributed by atoms with E-state index in [1.807, 2.05) is 0 Å². The van der Waals surface area contributed by atoms with Crippen molar-refractivity contribution in [1.82, 2.24) is 4.90 Å². The molecule has 1 aromatic rings. The Bertz CT molecular complexity index is 619. The number of amides is 1. The molecule has 1 spiro atoms. The second-order valence-corrected chi connectivity index (χ2v) is 5.52. The van der Waals surface area contributed by atoms with E-state index in [0.717, 1.165) is 17.0 Å². The molecule has 1 aliphatic carbocycles. The topological polar surface area (TPSA) is 40.5 Å². The van der Waals surface area contributed by atoms with Crippen molar-refractivity contribution in [3.05, 3.63) is 29.3 Å². The largest absolute Gasteiger partial charge is 0.506 e. The molecular formula is C13H10F5NO2. The van der Waals surface area contributed by atoms with Crippen LogP contribution in [0.15, 0.2) is 18.2 Å². The van der Waals surface area contributed by atoms with E-state index in [1.165, 1.54) is 0 Å². The highest BCUT2D eigenvalue weighted by atomic mass is 19.4. The summed E-state index contributed by atoms with van der Waals surface area (Å²) < 4.78 is 64.0. The number of nitrogens with zero attached hydrogens (tertiary/aromatic N) is 1. The van der Waals surface area contributed by atoms with Crippen molar-refractivity contribution >= 4 is 5.91 Å². The van der Waals surface area contributed by atoms with Gasteiger partial charge in [-0.2, -0.15) is 13.2 Å². The van der Waals surface area contributed by atoms with Gasteiger partial charge >= 0.3 is 6.18 Å². The standard InChI is InChI=1S/C13H10F5NO2/c14-12(15)4-11(12)5-19(6-11)10(21)7-2-1-3-8(9(7)20)13(16,17)18/h1-3,20H,4-6H2. The number of carbonyl (C=O) groups is 1. The number of phenolic OH excluding ortho intramolecular Hbond substituents is 1. The van der Waals surface area contributed by atoms with Crippen LogP contribution in [0, 0.1) is 5.41 Å². The highest BCUT2D eigenvalue weighted by Gasteiger charge is 2.76. The molecule has 1 amide bonds. The van der Waals surface area contributed by atoms with Gasteiger partial charge in [0.1, 0.15) is 5.75 Å². The summed E-state index contributed by atoms with van der Waals surface area (Å²) in [6.07, 6.45) is -5.10. The Kier molecular flexibility index (Phi) is 2.59. The maximum Gasteiger partial charge on any atom is 0.419 e. The molecule has 0 aromatic heterocycles. The number of hydrogen-bond acceptors (Lipinski definition) is 2. The number of hydrogen-bond donors (Lipinski definition) is 1. The Labute approximate surface area is 116 Å². The fourth-order valence-electron chi connectivity index (χ4n) is 2.67. The predicted octanol–water partition coefficient (Wildman–Crippen LogP) is 2.89. The van der Waals surface area contributed by atoms with E-state index in [4.69, 9.17) is 0 Å². The van der Waals surface area contributed by atoms with Gasteiger partial charge in [-0.25, -0.2) is 8.78 Å². The number of para-hydroxylation sites is 1. The molecule has 21 heavy (non-hydrogen) atoms. The minimum atomic E-state index is -4.79. The molecule has 2 fully saturated rings. The van der Waals surface area contributed by atoms with Crippen LogP contribution in [0.1, 0.15) is 22.3 Å². The normalized spacial score (nSPS) is 22.0. The summed E-state index contributed by atoms with van der Waals surface area (Å²) in [4.78, 5) is 13.0. The molecule has 0 unspecified atom stereocenters. The van der Waals surface area contributed by atoms with Gasteiger partial charge in [-0.15, -0.1) is 0 Å². The lowest BCUT2D eigenvalue weighted by Crippen LogP contribution is -2.54. The van der Waals surface area contributed by atoms with E-state index >= 15 is 0 Å². The number of phenols is 1. The van der Waals surface area contributed by atoms with Crippen molar-refractivity contribution in [2.24, 2.45) is 5.41 Å². The Morgan fingerprint density at radius 1 is 1.24 bits per heavy atom. The predicted molar refractivity (Wildman–Crippen MR) is 61.0 cm³/mol. The summed E-state index contributed by atoms with van der Waals surface area (Å²) in [6.45, 7) is -0.400. The number of carbonyl (C=O) groups excluding carboxylic acids is 1. The third-order valence-corrected chi connectivity index (χ3v) is 4.06. The van der Waals surface area contributed by atoms with Crippen LogP contribution in [0.3, 0.4) is 0 Å². The molecule has 1 heterocycles. The van der Waals surface area contributed by atoms with Gasteiger partial charge < -0.3 is 10.0 Å². The summed E-state index contributed by atoms with van der Waals surface area (Å²) in [5.74, 6) is -4.84. The van der Waals surface area contributed by atoms with Crippen molar-refractivity contribution in [2.45, 2.75) is 18.5 Å². The first-order chi connectivity index (χ1) is 9.57. The van der Waals surface area contributed by atoms with Crippen molar-refractivity contribution in [3.63, 3.8) is 0 Å². The van der Waals surface area contributed by atoms with Crippen molar-refractivity contribution in [3.8, 4) is 5.75 Å². The van der Waals surface area contributed by atoms with E-state index in [0.29, 0.717) is 6.07 Å². The molecule has 0 radical (unpaired) electrons. The van der Waals surface area contributed by atoms with Gasteiger partial charge in [0.15, 0.2) is 0 Å². The average molecular weight is 307 g/mol. The second kappa shape index (κ2) is 3.86. The number of rotatable bonds is 1. The molecule has 1 aromatic carbocycles. The fraction of sp³-hybridized carbons (Fsp3) is 0.462. The summed E-state index contributed by atoms with van der Waals surface area (Å²) >= 11 is 0. The van der Waals surface area contributed by atoms with Crippen LogP contribution in [-0.2, 0) is 6.18 Å². The molecule has 2 aliphatic rings. The Balaban J connectivity index is 1.81. The lowest BCUT2D eigenvalue weighted by molar-refractivity contribution is -0.138. The van der Waals surface area contributed by atoms with Crippen LogP contribution in [0.25, 0.3) is 0 Å². The van der Waals surface area contributed by atoms with Gasteiger partial charge in [0.2, 0.25) is 0 Å². The molecule has 1 aliphatic heterocycles. The van der Waals surface area contributed by atoms with Gasteiger partial charge in [-0.05, 0) is 12.1 Å². The summed E-state index contributed by atoms with van der Waals surface area (Å²) in [5.41, 5.74) is -3.05. The molecule has 8 heteroatoms. The summed E-state index contributed by atoms with van der Waals surface area (Å²) in [5, 5.41) is 9.60. The van der Waals surface area contributed by atoms with Gasteiger partial charge in [0.25, 0.3) is 11.8 Å².